The average Bonchev–Trinajstić information content (AvgIpc) is 2.84. The van der Waals surface area contributed by atoms with E-state index in [9.17, 15) is 18.8 Å². The third-order valence-corrected chi connectivity index (χ3v) is 4.42. The first-order valence-corrected chi connectivity index (χ1v) is 8.42. The summed E-state index contributed by atoms with van der Waals surface area (Å²) in [4.78, 5) is 39.0. The van der Waals surface area contributed by atoms with Gasteiger partial charge in [-0.15, -0.1) is 0 Å². The molecule has 2 rings (SSSR count). The molecule has 0 aliphatic carbocycles. The van der Waals surface area contributed by atoms with Crippen molar-refractivity contribution in [1.29, 1.82) is 0 Å². The van der Waals surface area contributed by atoms with E-state index >= 15 is 0 Å². The number of benzene rings is 1. The third-order valence-electron chi connectivity index (χ3n) is 4.10. The first-order chi connectivity index (χ1) is 12.0. The zero-order chi connectivity index (χ0) is 19.8. The summed E-state index contributed by atoms with van der Waals surface area (Å²) in [5, 5.41) is 2.94. The molecular formula is C18H21ClFN3O3. The molecule has 0 spiro atoms. The molecule has 0 aromatic heterocycles. The van der Waals surface area contributed by atoms with E-state index in [0.29, 0.717) is 11.1 Å². The lowest BCUT2D eigenvalue weighted by Crippen LogP contribution is -2.36. The predicted molar refractivity (Wildman–Crippen MR) is 98.7 cm³/mol. The lowest BCUT2D eigenvalue weighted by molar-refractivity contribution is -0.129. The summed E-state index contributed by atoms with van der Waals surface area (Å²) in [5.74, 6) is -2.04. The number of carbonyl (C=O) groups excluding carboxylic acids is 3. The Kier molecular flexibility index (Phi) is 5.71. The van der Waals surface area contributed by atoms with Crippen molar-refractivity contribution in [2.75, 3.05) is 24.3 Å². The monoisotopic (exact) mass is 381 g/mol. The highest BCUT2D eigenvalue weighted by Crippen LogP contribution is 2.35. The number of likely N-dealkylation sites (N-methyl/N-ethyl adjacent to an activating group) is 1. The molecule has 0 bridgehead atoms. The van der Waals surface area contributed by atoms with Gasteiger partial charge in [0.05, 0.1) is 22.8 Å². The molecule has 1 aromatic carbocycles. The summed E-state index contributed by atoms with van der Waals surface area (Å²) in [6.07, 6.45) is -0.0679. The van der Waals surface area contributed by atoms with Crippen LogP contribution in [-0.2, 0) is 14.4 Å². The fraction of sp³-hybridized carbons (Fsp3) is 0.389. The van der Waals surface area contributed by atoms with Gasteiger partial charge in [-0.25, -0.2) is 9.29 Å². The Bertz CT molecular complexity index is 816. The molecule has 3 amide bonds. The van der Waals surface area contributed by atoms with Crippen molar-refractivity contribution in [3.05, 3.63) is 34.1 Å². The Hall–Kier alpha value is -2.41. The fourth-order valence-corrected chi connectivity index (χ4v) is 2.90. The van der Waals surface area contributed by atoms with Gasteiger partial charge in [0.2, 0.25) is 11.8 Å². The van der Waals surface area contributed by atoms with Gasteiger partial charge in [-0.05, 0) is 32.9 Å². The average molecular weight is 382 g/mol. The van der Waals surface area contributed by atoms with Crippen molar-refractivity contribution < 1.29 is 18.8 Å². The molecule has 1 fully saturated rings. The van der Waals surface area contributed by atoms with Gasteiger partial charge in [0.1, 0.15) is 11.9 Å². The Labute approximate surface area is 156 Å². The molecule has 1 heterocycles. The number of hydrogen-bond donors (Lipinski definition) is 1. The normalized spacial score (nSPS) is 15.3. The number of imide groups is 1. The minimum Gasteiger partial charge on any atom is -0.373 e. The molecule has 1 N–H and O–H groups in total. The smallest absolute Gasteiger partial charge is 0.261 e. The minimum atomic E-state index is -0.788. The molecule has 1 unspecified atom stereocenters. The molecule has 6 nitrogen and oxygen atoms in total. The van der Waals surface area contributed by atoms with Crippen LogP contribution in [0.4, 0.5) is 15.8 Å². The first-order valence-electron chi connectivity index (χ1n) is 8.05. The number of rotatable bonds is 4. The Morgan fingerprint density at radius 3 is 2.42 bits per heavy atom. The van der Waals surface area contributed by atoms with Crippen molar-refractivity contribution in [2.45, 2.75) is 33.2 Å². The number of anilines is 2. The molecule has 0 radical (unpaired) electrons. The van der Waals surface area contributed by atoms with E-state index in [2.05, 4.69) is 5.32 Å². The number of nitrogens with zero attached hydrogens (tertiary/aromatic N) is 2. The van der Waals surface area contributed by atoms with Crippen LogP contribution in [0.3, 0.4) is 0 Å². The van der Waals surface area contributed by atoms with Gasteiger partial charge < -0.3 is 10.2 Å². The van der Waals surface area contributed by atoms with Gasteiger partial charge in [0, 0.05) is 19.7 Å². The van der Waals surface area contributed by atoms with Crippen LogP contribution in [0.5, 0.6) is 0 Å². The first kappa shape index (κ1) is 19.9. The standard InChI is InChI=1S/C18H21ClFN3O3/c1-9(2)11-6-16(24)23(18(11)26)15-8-14(12(19)7-13(15)20)21-10(3)17(25)22(4)5/h7-8,10,21H,6H2,1-5H3. The summed E-state index contributed by atoms with van der Waals surface area (Å²) < 4.78 is 14.4. The van der Waals surface area contributed by atoms with Crippen molar-refractivity contribution in [2.24, 2.45) is 0 Å². The van der Waals surface area contributed by atoms with Gasteiger partial charge in [-0.3, -0.25) is 14.4 Å². The van der Waals surface area contributed by atoms with Crippen LogP contribution in [0, 0.1) is 5.82 Å². The fourth-order valence-electron chi connectivity index (χ4n) is 2.69. The van der Waals surface area contributed by atoms with Crippen LogP contribution in [-0.4, -0.2) is 42.8 Å². The Morgan fingerprint density at radius 2 is 1.92 bits per heavy atom. The van der Waals surface area contributed by atoms with Crippen LogP contribution >= 0.6 is 11.6 Å². The molecule has 1 aliphatic heterocycles. The Balaban J connectivity index is 2.43. The number of hydrogen-bond acceptors (Lipinski definition) is 4. The van der Waals surface area contributed by atoms with Gasteiger partial charge in [-0.2, -0.15) is 0 Å². The highest BCUT2D eigenvalue weighted by Gasteiger charge is 2.37. The van der Waals surface area contributed by atoms with Crippen LogP contribution in [0.1, 0.15) is 27.2 Å². The zero-order valence-electron chi connectivity index (χ0n) is 15.3. The van der Waals surface area contributed by atoms with Crippen molar-refractivity contribution in [3.63, 3.8) is 0 Å². The lowest BCUT2D eigenvalue weighted by Gasteiger charge is -2.21. The number of allylic oxidation sites excluding steroid dienone is 1. The lowest BCUT2D eigenvalue weighted by atomic mass is 10.1. The third kappa shape index (κ3) is 3.72. The van der Waals surface area contributed by atoms with E-state index in [-0.39, 0.29) is 28.7 Å². The maximum atomic E-state index is 14.4. The topological polar surface area (TPSA) is 69.7 Å². The van der Waals surface area contributed by atoms with Crippen molar-refractivity contribution in [3.8, 4) is 0 Å². The van der Waals surface area contributed by atoms with Crippen LogP contribution in [0.25, 0.3) is 0 Å². The second-order valence-corrected chi connectivity index (χ2v) is 6.98. The number of nitrogens with one attached hydrogen (secondary N) is 1. The molecule has 26 heavy (non-hydrogen) atoms. The number of halogens is 2. The summed E-state index contributed by atoms with van der Waals surface area (Å²) >= 11 is 6.06. The highest BCUT2D eigenvalue weighted by molar-refractivity contribution is 6.34. The van der Waals surface area contributed by atoms with Gasteiger partial charge in [0.25, 0.3) is 5.91 Å². The van der Waals surface area contributed by atoms with Gasteiger partial charge in [0.15, 0.2) is 0 Å². The summed E-state index contributed by atoms with van der Waals surface area (Å²) in [6.45, 7) is 5.09. The minimum absolute atomic E-state index is 0.0474. The van der Waals surface area contributed by atoms with Crippen LogP contribution in [0.15, 0.2) is 23.3 Å². The molecule has 140 valence electrons. The molecule has 1 saturated heterocycles. The van der Waals surface area contributed by atoms with E-state index in [0.717, 1.165) is 11.0 Å². The van der Waals surface area contributed by atoms with E-state index in [1.165, 1.54) is 11.0 Å². The second kappa shape index (κ2) is 7.45. The van der Waals surface area contributed by atoms with Crippen LogP contribution < -0.4 is 10.2 Å². The number of amides is 3. The Morgan fingerprint density at radius 1 is 1.31 bits per heavy atom. The maximum absolute atomic E-state index is 14.4. The van der Waals surface area contributed by atoms with E-state index < -0.39 is 23.7 Å². The SMILES string of the molecule is CC(C)=C1CC(=O)N(c2cc(NC(C)C(=O)N(C)C)c(Cl)cc2F)C1=O. The van der Waals surface area contributed by atoms with Crippen molar-refractivity contribution >= 4 is 40.7 Å². The quantitative estimate of drug-likeness (QED) is 0.643. The second-order valence-electron chi connectivity index (χ2n) is 6.57. The molecule has 0 saturated carbocycles. The molecule has 1 aromatic rings. The van der Waals surface area contributed by atoms with E-state index in [4.69, 9.17) is 11.6 Å². The largest absolute Gasteiger partial charge is 0.373 e. The number of carbonyl (C=O) groups is 3. The van der Waals surface area contributed by atoms with Gasteiger partial charge >= 0.3 is 0 Å². The molecular weight excluding hydrogens is 361 g/mol. The zero-order valence-corrected chi connectivity index (χ0v) is 16.1. The van der Waals surface area contributed by atoms with Crippen molar-refractivity contribution in [1.82, 2.24) is 4.90 Å². The summed E-state index contributed by atoms with van der Waals surface area (Å²) in [7, 11) is 3.22. The predicted octanol–water partition coefficient (Wildman–Crippen LogP) is 2.97. The van der Waals surface area contributed by atoms with E-state index in [1.54, 1.807) is 34.9 Å². The van der Waals surface area contributed by atoms with Crippen LogP contribution in [0.2, 0.25) is 5.02 Å². The van der Waals surface area contributed by atoms with E-state index in [1.807, 2.05) is 0 Å². The molecule has 1 atom stereocenters. The highest BCUT2D eigenvalue weighted by atomic mass is 35.5. The summed E-state index contributed by atoms with van der Waals surface area (Å²) in [6, 6.07) is 1.67. The molecule has 1 aliphatic rings. The maximum Gasteiger partial charge on any atom is 0.261 e. The summed E-state index contributed by atoms with van der Waals surface area (Å²) in [5.41, 5.74) is 1.14. The van der Waals surface area contributed by atoms with Gasteiger partial charge in [-0.1, -0.05) is 17.2 Å². The molecule has 8 heteroatoms.